The second kappa shape index (κ2) is 12.2. The van der Waals surface area contributed by atoms with Crippen molar-refractivity contribution in [2.24, 2.45) is 0 Å². The first-order valence-electron chi connectivity index (χ1n) is 12.6. The zero-order valence-corrected chi connectivity index (χ0v) is 27.2. The number of fused-ring (bicyclic) bond motifs is 2. The van der Waals surface area contributed by atoms with Crippen molar-refractivity contribution < 1.29 is 45.2 Å². The standard InChI is InChI=1S/2C14H17.C2H6Si.2ClH.Zr/c2*1-4-5-13-11(3)6-7-12-8-10(2)9-14(12)13;1-3-2;;;/h2*6-9H,4-5H2,1-3H3;1-2H3;2*1H;/q;;;;;+2/p-2. The van der Waals surface area contributed by atoms with Crippen molar-refractivity contribution in [1.29, 1.82) is 0 Å². The van der Waals surface area contributed by atoms with Crippen molar-refractivity contribution >= 4 is 17.6 Å². The Labute approximate surface area is 228 Å². The monoisotopic (exact) mass is 588 g/mol. The Hall–Kier alpha value is -0.400. The van der Waals surface area contributed by atoms with Gasteiger partial charge in [-0.05, 0) is 0 Å². The van der Waals surface area contributed by atoms with E-state index < -0.39 is 20.4 Å². The molecule has 0 spiro atoms. The van der Waals surface area contributed by atoms with Gasteiger partial charge in [0.1, 0.15) is 0 Å². The van der Waals surface area contributed by atoms with E-state index in [-0.39, 0.29) is 30.2 Å². The van der Waals surface area contributed by atoms with Crippen LogP contribution in [0.2, 0.25) is 13.1 Å². The predicted molar refractivity (Wildman–Crippen MR) is 141 cm³/mol. The van der Waals surface area contributed by atoms with Crippen LogP contribution in [0.4, 0.5) is 0 Å². The molecule has 2 unspecified atom stereocenters. The van der Waals surface area contributed by atoms with Gasteiger partial charge in [0, 0.05) is 0 Å². The average Bonchev–Trinajstić information content (AvgIpc) is 3.24. The first kappa shape index (κ1) is 29.8. The maximum Gasteiger partial charge on any atom is -1.00 e. The number of allylic oxidation sites excluding steroid dienone is 2. The van der Waals surface area contributed by atoms with Crippen LogP contribution in [-0.2, 0) is 33.2 Å². The third-order valence-corrected chi connectivity index (χ3v) is 27.6. The fraction of sp³-hybridized carbons (Fsp3) is 0.467. The van der Waals surface area contributed by atoms with Crippen molar-refractivity contribution in [2.45, 2.75) is 87.6 Å². The Morgan fingerprint density at radius 1 is 0.676 bits per heavy atom. The number of hydrogen-bond acceptors (Lipinski definition) is 0. The summed E-state index contributed by atoms with van der Waals surface area (Å²) in [6, 6.07) is 9.88. The molecule has 0 saturated heterocycles. The van der Waals surface area contributed by atoms with Crippen molar-refractivity contribution in [1.82, 2.24) is 0 Å². The van der Waals surface area contributed by atoms with E-state index in [0.29, 0.717) is 0 Å². The van der Waals surface area contributed by atoms with E-state index >= 15 is 0 Å². The van der Waals surface area contributed by atoms with Gasteiger partial charge >= 0.3 is 205 Å². The molecule has 182 valence electrons. The van der Waals surface area contributed by atoms with Crippen molar-refractivity contribution in [3.63, 3.8) is 0 Å². The van der Waals surface area contributed by atoms with E-state index in [1.165, 1.54) is 36.8 Å². The van der Waals surface area contributed by atoms with Crippen LogP contribution in [0, 0.1) is 13.8 Å². The summed E-state index contributed by atoms with van der Waals surface area (Å²) >= 11 is -1.91. The molecule has 2 aromatic rings. The first-order valence-corrected chi connectivity index (χ1v) is 21.6. The van der Waals surface area contributed by atoms with Crippen LogP contribution in [0.3, 0.4) is 0 Å². The maximum absolute atomic E-state index is 2.64. The molecule has 0 aliphatic heterocycles. The van der Waals surface area contributed by atoms with Gasteiger partial charge in [-0.3, -0.25) is 0 Å². The van der Waals surface area contributed by atoms with Crippen LogP contribution in [0.5, 0.6) is 0 Å². The van der Waals surface area contributed by atoms with E-state index in [1.807, 2.05) is 0 Å². The van der Waals surface area contributed by atoms with Gasteiger partial charge in [-0.1, -0.05) is 0 Å². The summed E-state index contributed by atoms with van der Waals surface area (Å²) < 4.78 is 1.51. The Bertz CT molecular complexity index is 1080. The third kappa shape index (κ3) is 5.18. The molecule has 2 atom stereocenters. The summed E-state index contributed by atoms with van der Waals surface area (Å²) in [6.07, 6.45) is 10.1. The Morgan fingerprint density at radius 3 is 1.38 bits per heavy atom. The van der Waals surface area contributed by atoms with E-state index in [0.717, 1.165) is 7.25 Å². The number of halogens is 2. The molecule has 2 aliphatic rings. The molecular formula is C30H40Cl2SiZr. The molecule has 0 aromatic heterocycles. The minimum Gasteiger partial charge on any atom is -1.00 e. The fourth-order valence-corrected chi connectivity index (χ4v) is 27.0. The quantitative estimate of drug-likeness (QED) is 0.454. The molecule has 0 nitrogen and oxygen atoms in total. The molecule has 0 fully saturated rings. The molecule has 0 radical (unpaired) electrons. The maximum atomic E-state index is 2.64. The molecule has 2 aliphatic carbocycles. The summed E-state index contributed by atoms with van der Waals surface area (Å²) in [4.78, 5) is 0. The zero-order chi connectivity index (χ0) is 23.2. The summed E-state index contributed by atoms with van der Waals surface area (Å²) in [5.74, 6) is 0. The second-order valence-electron chi connectivity index (χ2n) is 10.3. The molecular weight excluding hydrogens is 551 g/mol. The van der Waals surface area contributed by atoms with E-state index in [2.05, 4.69) is 91.1 Å². The Kier molecular flexibility index (Phi) is 10.7. The van der Waals surface area contributed by atoms with Crippen LogP contribution < -0.4 is 24.8 Å². The van der Waals surface area contributed by atoms with Gasteiger partial charge in [0.25, 0.3) is 0 Å². The molecule has 2 aromatic carbocycles. The topological polar surface area (TPSA) is 0 Å². The van der Waals surface area contributed by atoms with E-state index in [9.17, 15) is 0 Å². The second-order valence-corrected chi connectivity index (χ2v) is 28.2. The molecule has 4 heteroatoms. The van der Waals surface area contributed by atoms with Crippen molar-refractivity contribution in [3.8, 4) is 0 Å². The molecule has 0 amide bonds. The van der Waals surface area contributed by atoms with E-state index in [1.54, 1.807) is 44.5 Å². The Balaban J connectivity index is 0.00000204. The minimum atomic E-state index is -1.91. The van der Waals surface area contributed by atoms with Crippen LogP contribution >= 0.6 is 0 Å². The van der Waals surface area contributed by atoms with Crippen molar-refractivity contribution in [2.75, 3.05) is 0 Å². The molecule has 0 heterocycles. The number of hydrogen-bond donors (Lipinski definition) is 0. The SMILES string of the molecule is CCCc1c(C)ccc2c1C=C(C)[CH]2[Zr+2]([CH]1C(C)=Cc2c1ccc(C)c2CCC)=[Si](C)C.[Cl-].[Cl-]. The third-order valence-electron chi connectivity index (χ3n) is 7.73. The van der Waals surface area contributed by atoms with Crippen LogP contribution in [0.25, 0.3) is 12.2 Å². The van der Waals surface area contributed by atoms with Gasteiger partial charge in [-0.25, -0.2) is 0 Å². The summed E-state index contributed by atoms with van der Waals surface area (Å²) in [6.45, 7) is 19.4. The smallest absolute Gasteiger partial charge is 1.00 e. The average molecular weight is 591 g/mol. The van der Waals surface area contributed by atoms with Crippen molar-refractivity contribution in [3.05, 3.63) is 79.9 Å². The number of benzene rings is 2. The zero-order valence-electron chi connectivity index (χ0n) is 22.2. The molecule has 0 saturated carbocycles. The summed E-state index contributed by atoms with van der Waals surface area (Å²) in [5, 5.41) is 0. The summed E-state index contributed by atoms with van der Waals surface area (Å²) in [7, 11) is 0. The van der Waals surface area contributed by atoms with Gasteiger partial charge in [0.15, 0.2) is 0 Å². The Morgan fingerprint density at radius 2 is 1.06 bits per heavy atom. The van der Waals surface area contributed by atoms with Gasteiger partial charge in [0.05, 0.1) is 0 Å². The first-order chi connectivity index (χ1) is 15.3. The largest absolute Gasteiger partial charge is 1.00 e. The number of aryl methyl sites for hydroxylation is 2. The van der Waals surface area contributed by atoms with Crippen LogP contribution in [0.15, 0.2) is 35.4 Å². The summed E-state index contributed by atoms with van der Waals surface area (Å²) in [5.41, 5.74) is 15.8. The van der Waals surface area contributed by atoms with Gasteiger partial charge < -0.3 is 24.8 Å². The molecule has 0 bridgehead atoms. The normalized spacial score (nSPS) is 17.5. The predicted octanol–water partition coefficient (Wildman–Crippen LogP) is 2.70. The number of rotatable bonds is 6. The fourth-order valence-electron chi connectivity index (χ4n) is 6.27. The van der Waals surface area contributed by atoms with Gasteiger partial charge in [0.2, 0.25) is 0 Å². The molecule has 34 heavy (non-hydrogen) atoms. The van der Waals surface area contributed by atoms with Crippen LogP contribution in [0.1, 0.15) is 92.3 Å². The van der Waals surface area contributed by atoms with Gasteiger partial charge in [-0.15, -0.1) is 0 Å². The minimum absolute atomic E-state index is 0. The van der Waals surface area contributed by atoms with E-state index in [4.69, 9.17) is 0 Å². The van der Waals surface area contributed by atoms with Gasteiger partial charge in [-0.2, -0.15) is 0 Å². The molecule has 0 N–H and O–H groups in total. The van der Waals surface area contributed by atoms with Crippen LogP contribution in [-0.4, -0.2) is 5.43 Å². The molecule has 4 rings (SSSR count).